The zero-order chi connectivity index (χ0) is 42.0. The van der Waals surface area contributed by atoms with E-state index in [-0.39, 0.29) is 0 Å². The summed E-state index contributed by atoms with van der Waals surface area (Å²) in [6.45, 7) is 0. The number of anilines is 4. The molecule has 0 spiro atoms. The van der Waals surface area contributed by atoms with Crippen LogP contribution in [-0.2, 0) is 5.41 Å². The molecule has 0 radical (unpaired) electrons. The summed E-state index contributed by atoms with van der Waals surface area (Å²) in [6, 6.07) is 64.4. The molecule has 0 aromatic heterocycles. The number of hydrogen-bond acceptors (Lipinski definition) is 4. The largest absolute Gasteiger partial charge is 0.399 e. The van der Waals surface area contributed by atoms with Gasteiger partial charge < -0.3 is 22.9 Å². The summed E-state index contributed by atoms with van der Waals surface area (Å²) >= 11 is 0. The van der Waals surface area contributed by atoms with Crippen LogP contribution in [0.15, 0.2) is 194 Å². The predicted octanol–water partition coefficient (Wildman–Crippen LogP) is 10.00. The van der Waals surface area contributed by atoms with Crippen molar-refractivity contribution in [3.8, 4) is 47.4 Å². The third kappa shape index (κ3) is 9.34. The monoisotopic (exact) mass is 780 g/mol. The van der Waals surface area contributed by atoms with Crippen molar-refractivity contribution in [2.45, 2.75) is 5.41 Å². The quantitative estimate of drug-likeness (QED) is 0.0811. The Balaban J connectivity index is 1.26. The lowest BCUT2D eigenvalue weighted by atomic mass is 9.65. The molecule has 288 valence electrons. The summed E-state index contributed by atoms with van der Waals surface area (Å²) in [5, 5.41) is 0. The molecule has 0 saturated heterocycles. The van der Waals surface area contributed by atoms with Gasteiger partial charge in [0.05, 0.1) is 5.41 Å². The highest BCUT2D eigenvalue weighted by Crippen LogP contribution is 2.45. The van der Waals surface area contributed by atoms with Crippen molar-refractivity contribution in [3.63, 3.8) is 0 Å². The molecule has 8 aromatic rings. The zero-order valence-corrected chi connectivity index (χ0v) is 33.3. The lowest BCUT2D eigenvalue weighted by Crippen LogP contribution is -2.31. The van der Waals surface area contributed by atoms with E-state index in [1.165, 1.54) is 0 Å². The Morgan fingerprint density at radius 3 is 0.475 bits per heavy atom. The lowest BCUT2D eigenvalue weighted by molar-refractivity contribution is 0.744. The first-order valence-electron chi connectivity index (χ1n) is 19.7. The van der Waals surface area contributed by atoms with E-state index in [2.05, 4.69) is 144 Å². The van der Waals surface area contributed by atoms with Gasteiger partial charge in [0.1, 0.15) is 0 Å². The maximum atomic E-state index is 5.91. The highest BCUT2D eigenvalue weighted by molar-refractivity contribution is 5.63. The minimum Gasteiger partial charge on any atom is -0.399 e. The molecule has 4 heteroatoms. The van der Waals surface area contributed by atoms with Gasteiger partial charge in [0.25, 0.3) is 0 Å². The normalized spacial score (nSPS) is 10.4. The summed E-state index contributed by atoms with van der Waals surface area (Å²) in [4.78, 5) is 0. The van der Waals surface area contributed by atoms with Gasteiger partial charge in [-0.3, -0.25) is 0 Å². The van der Waals surface area contributed by atoms with Crippen LogP contribution in [-0.4, -0.2) is 0 Å². The van der Waals surface area contributed by atoms with Gasteiger partial charge in [-0.05, 0) is 168 Å². The number of nitrogens with two attached hydrogens (primary N) is 4. The van der Waals surface area contributed by atoms with Crippen LogP contribution >= 0.6 is 0 Å². The molecule has 0 atom stereocenters. The van der Waals surface area contributed by atoms with Crippen LogP contribution in [0.25, 0.3) is 0 Å². The minimum atomic E-state index is -0.766. The Labute approximate surface area is 357 Å². The van der Waals surface area contributed by atoms with Gasteiger partial charge in [0, 0.05) is 67.3 Å². The molecular weight excluding hydrogens is 741 g/mol. The number of rotatable bonds is 4. The number of hydrogen-bond donors (Lipinski definition) is 4. The molecule has 0 aliphatic rings. The van der Waals surface area contributed by atoms with Crippen LogP contribution in [0.3, 0.4) is 0 Å². The van der Waals surface area contributed by atoms with Crippen molar-refractivity contribution < 1.29 is 0 Å². The summed E-state index contributed by atoms with van der Waals surface area (Å²) in [6.07, 6.45) is 0. The first-order valence-corrected chi connectivity index (χ1v) is 19.7. The maximum absolute atomic E-state index is 5.91. The van der Waals surface area contributed by atoms with Crippen LogP contribution in [0.1, 0.15) is 66.8 Å². The van der Waals surface area contributed by atoms with Gasteiger partial charge in [-0.15, -0.1) is 0 Å². The Bertz CT molecular complexity index is 2610. The molecule has 0 unspecified atom stereocenters. The fourth-order valence-corrected chi connectivity index (χ4v) is 7.06. The van der Waals surface area contributed by atoms with E-state index in [1.54, 1.807) is 0 Å². The van der Waals surface area contributed by atoms with Crippen molar-refractivity contribution in [2.24, 2.45) is 0 Å². The van der Waals surface area contributed by atoms with Gasteiger partial charge in [-0.25, -0.2) is 0 Å². The standard InChI is InChI=1S/C57H40N4/c58-53-33-17-45(18-34-53)5-1-41-9-25-49(26-10-41)57(50-27-11-42(12-28-50)2-6-46-19-35-54(59)36-20-46,51-29-13-43(14-30-51)3-7-47-21-37-55(60)38-22-47)52-31-15-44(16-32-52)4-8-48-23-39-56(61)40-24-48/h9-40H,58-61H2. The second kappa shape index (κ2) is 17.8. The molecule has 8 aromatic carbocycles. The van der Waals surface area contributed by atoms with Gasteiger partial charge in [0.15, 0.2) is 0 Å². The molecule has 0 aliphatic carbocycles. The Hall–Kier alpha value is -8.80. The summed E-state index contributed by atoms with van der Waals surface area (Å²) in [7, 11) is 0. The molecule has 0 fully saturated rings. The highest BCUT2D eigenvalue weighted by atomic mass is 14.5. The molecule has 8 N–H and O–H groups in total. The Morgan fingerprint density at radius 2 is 0.328 bits per heavy atom. The summed E-state index contributed by atoms with van der Waals surface area (Å²) in [5.74, 6) is 26.4. The zero-order valence-electron chi connectivity index (χ0n) is 33.3. The van der Waals surface area contributed by atoms with E-state index < -0.39 is 5.41 Å². The van der Waals surface area contributed by atoms with E-state index in [4.69, 9.17) is 22.9 Å². The molecule has 4 nitrogen and oxygen atoms in total. The molecule has 0 aliphatic heterocycles. The van der Waals surface area contributed by atoms with Crippen molar-refractivity contribution >= 4 is 22.7 Å². The first-order chi connectivity index (χ1) is 29.8. The van der Waals surface area contributed by atoms with Gasteiger partial charge >= 0.3 is 0 Å². The van der Waals surface area contributed by atoms with Crippen LogP contribution in [0.5, 0.6) is 0 Å². The van der Waals surface area contributed by atoms with E-state index >= 15 is 0 Å². The fourth-order valence-electron chi connectivity index (χ4n) is 7.06. The van der Waals surface area contributed by atoms with Crippen LogP contribution in [0, 0.1) is 47.4 Å². The third-order valence-electron chi connectivity index (χ3n) is 10.3. The molecule has 0 bridgehead atoms. The molecular formula is C57H40N4. The Kier molecular flexibility index (Phi) is 11.4. The predicted molar refractivity (Wildman–Crippen MR) is 252 cm³/mol. The topological polar surface area (TPSA) is 104 Å². The maximum Gasteiger partial charge on any atom is 0.0701 e. The Morgan fingerprint density at radius 1 is 0.197 bits per heavy atom. The minimum absolute atomic E-state index is 0.705. The van der Waals surface area contributed by atoms with Crippen molar-refractivity contribution in [1.82, 2.24) is 0 Å². The smallest absolute Gasteiger partial charge is 0.0701 e. The SMILES string of the molecule is Nc1ccc(C#Cc2ccc(C(c3ccc(C#Cc4ccc(N)cc4)cc3)(c3ccc(C#Cc4ccc(N)cc4)cc3)c3ccc(C#Cc4ccc(N)cc4)cc3)cc2)cc1. The fraction of sp³-hybridized carbons (Fsp3) is 0.0175. The molecule has 0 amide bonds. The highest BCUT2D eigenvalue weighted by Gasteiger charge is 2.38. The van der Waals surface area contributed by atoms with Crippen molar-refractivity contribution in [3.05, 3.63) is 261 Å². The first kappa shape index (κ1) is 39.0. The van der Waals surface area contributed by atoms with E-state index in [0.717, 1.165) is 66.8 Å². The van der Waals surface area contributed by atoms with E-state index in [1.807, 2.05) is 97.1 Å². The number of nitrogen functional groups attached to an aromatic ring is 4. The molecule has 0 saturated carbocycles. The second-order valence-corrected chi connectivity index (χ2v) is 14.5. The van der Waals surface area contributed by atoms with Crippen LogP contribution in [0.2, 0.25) is 0 Å². The molecule has 0 heterocycles. The average Bonchev–Trinajstić information content (AvgIpc) is 3.30. The van der Waals surface area contributed by atoms with Gasteiger partial charge in [-0.2, -0.15) is 0 Å². The van der Waals surface area contributed by atoms with E-state index in [0.29, 0.717) is 22.7 Å². The van der Waals surface area contributed by atoms with Crippen LogP contribution < -0.4 is 22.9 Å². The third-order valence-corrected chi connectivity index (χ3v) is 10.3. The second-order valence-electron chi connectivity index (χ2n) is 14.5. The summed E-state index contributed by atoms with van der Waals surface area (Å²) < 4.78 is 0. The number of benzene rings is 8. The van der Waals surface area contributed by atoms with Crippen molar-refractivity contribution in [1.29, 1.82) is 0 Å². The van der Waals surface area contributed by atoms with Gasteiger partial charge in [0.2, 0.25) is 0 Å². The van der Waals surface area contributed by atoms with Gasteiger partial charge in [-0.1, -0.05) is 95.9 Å². The average molecular weight is 781 g/mol. The molecule has 61 heavy (non-hydrogen) atoms. The van der Waals surface area contributed by atoms with Crippen LogP contribution in [0.4, 0.5) is 22.7 Å². The van der Waals surface area contributed by atoms with Crippen molar-refractivity contribution in [2.75, 3.05) is 22.9 Å². The summed E-state index contributed by atoms with van der Waals surface area (Å²) in [5.41, 5.74) is 37.1. The lowest BCUT2D eigenvalue weighted by Gasteiger charge is -2.37. The van der Waals surface area contributed by atoms with E-state index in [9.17, 15) is 0 Å². The molecule has 8 rings (SSSR count).